The Labute approximate surface area is 135 Å². The number of rotatable bonds is 5. The minimum Gasteiger partial charge on any atom is -0.495 e. The number of anilines is 3. The van der Waals surface area contributed by atoms with Gasteiger partial charge in [0.1, 0.15) is 11.4 Å². The minimum absolute atomic E-state index is 0.256. The maximum Gasteiger partial charge on any atom is 0.275 e. The van der Waals surface area contributed by atoms with Crippen molar-refractivity contribution in [2.75, 3.05) is 17.7 Å². The molecule has 0 aromatic heterocycles. The van der Waals surface area contributed by atoms with Crippen LogP contribution < -0.4 is 15.4 Å². The number of amides is 1. The summed E-state index contributed by atoms with van der Waals surface area (Å²) in [6.45, 7) is 1.30. The van der Waals surface area contributed by atoms with E-state index in [1.54, 1.807) is 0 Å². The second-order valence-electron chi connectivity index (χ2n) is 4.76. The molecule has 0 heterocycles. The van der Waals surface area contributed by atoms with Gasteiger partial charge in [-0.05, 0) is 18.2 Å². The van der Waals surface area contributed by atoms with Crippen molar-refractivity contribution in [1.29, 1.82) is 0 Å². The molecule has 1 amide bonds. The number of benzene rings is 2. The van der Waals surface area contributed by atoms with Crippen LogP contribution in [0.25, 0.3) is 0 Å². The molecule has 0 saturated carbocycles. The summed E-state index contributed by atoms with van der Waals surface area (Å²) in [6.07, 6.45) is 0. The molecule has 126 valence electrons. The Morgan fingerprint density at radius 1 is 1.21 bits per heavy atom. The van der Waals surface area contributed by atoms with Gasteiger partial charge in [-0.25, -0.2) is 8.78 Å². The van der Waals surface area contributed by atoms with Crippen molar-refractivity contribution in [3.63, 3.8) is 0 Å². The van der Waals surface area contributed by atoms with Crippen LogP contribution in [0.3, 0.4) is 0 Å². The lowest BCUT2D eigenvalue weighted by atomic mass is 10.2. The molecule has 0 saturated heterocycles. The van der Waals surface area contributed by atoms with E-state index >= 15 is 0 Å². The third kappa shape index (κ3) is 3.75. The first-order valence-corrected chi connectivity index (χ1v) is 6.68. The van der Waals surface area contributed by atoms with Crippen LogP contribution >= 0.6 is 0 Å². The normalized spacial score (nSPS) is 10.2. The molecule has 0 aliphatic heterocycles. The molecule has 0 radical (unpaired) electrons. The fourth-order valence-electron chi connectivity index (χ4n) is 2.00. The lowest BCUT2D eigenvalue weighted by Gasteiger charge is -2.13. The molecular formula is C15H13F2N3O4. The van der Waals surface area contributed by atoms with Gasteiger partial charge in [0.15, 0.2) is 11.6 Å². The number of carbonyl (C=O) groups is 1. The molecular weight excluding hydrogens is 324 g/mol. The van der Waals surface area contributed by atoms with E-state index in [1.165, 1.54) is 32.2 Å². The standard InChI is InChI=1S/C15H13F2N3O4/c1-8(21)18-13-5-9(3-4-14(13)24-2)19-15-11(16)6-10(20(22)23)7-12(15)17/h3-7,19H,1-2H3,(H,18,21). The maximum absolute atomic E-state index is 13.9. The quantitative estimate of drug-likeness (QED) is 0.642. The molecule has 9 heteroatoms. The van der Waals surface area contributed by atoms with Gasteiger partial charge in [0.2, 0.25) is 5.91 Å². The highest BCUT2D eigenvalue weighted by Gasteiger charge is 2.17. The monoisotopic (exact) mass is 337 g/mol. The van der Waals surface area contributed by atoms with Gasteiger partial charge in [-0.1, -0.05) is 0 Å². The number of non-ortho nitro benzene ring substituents is 1. The summed E-state index contributed by atoms with van der Waals surface area (Å²) in [5.41, 5.74) is -0.673. The van der Waals surface area contributed by atoms with E-state index in [1.807, 2.05) is 0 Å². The van der Waals surface area contributed by atoms with E-state index in [4.69, 9.17) is 4.74 Å². The Morgan fingerprint density at radius 3 is 2.33 bits per heavy atom. The largest absolute Gasteiger partial charge is 0.495 e. The predicted molar refractivity (Wildman–Crippen MR) is 83.6 cm³/mol. The zero-order valence-electron chi connectivity index (χ0n) is 12.7. The number of nitrogens with one attached hydrogen (secondary N) is 2. The number of methoxy groups -OCH3 is 1. The SMILES string of the molecule is COc1ccc(Nc2c(F)cc([N+](=O)[O-])cc2F)cc1NC(C)=O. The lowest BCUT2D eigenvalue weighted by molar-refractivity contribution is -0.385. The van der Waals surface area contributed by atoms with E-state index in [-0.39, 0.29) is 11.6 Å². The molecule has 2 aromatic rings. The second kappa shape index (κ2) is 6.90. The molecule has 2 rings (SSSR count). The molecule has 7 nitrogen and oxygen atoms in total. The number of nitro groups is 1. The van der Waals surface area contributed by atoms with Crippen LogP contribution in [0.5, 0.6) is 5.75 Å². The fraction of sp³-hybridized carbons (Fsp3) is 0.133. The number of carbonyl (C=O) groups excluding carboxylic acids is 1. The summed E-state index contributed by atoms with van der Waals surface area (Å²) in [4.78, 5) is 20.9. The van der Waals surface area contributed by atoms with Crippen molar-refractivity contribution >= 4 is 28.7 Å². The van der Waals surface area contributed by atoms with Gasteiger partial charge in [-0.2, -0.15) is 0 Å². The van der Waals surface area contributed by atoms with Crippen molar-refractivity contribution in [3.05, 3.63) is 52.1 Å². The molecule has 0 atom stereocenters. The smallest absolute Gasteiger partial charge is 0.275 e. The number of ether oxygens (including phenoxy) is 1. The third-order valence-corrected chi connectivity index (χ3v) is 3.02. The topological polar surface area (TPSA) is 93.5 Å². The summed E-state index contributed by atoms with van der Waals surface area (Å²) >= 11 is 0. The van der Waals surface area contributed by atoms with Crippen LogP contribution in [0.2, 0.25) is 0 Å². The highest BCUT2D eigenvalue weighted by atomic mass is 19.1. The summed E-state index contributed by atoms with van der Waals surface area (Å²) in [6, 6.07) is 5.62. The maximum atomic E-state index is 13.9. The van der Waals surface area contributed by atoms with Crippen LogP contribution in [0.1, 0.15) is 6.92 Å². The van der Waals surface area contributed by atoms with Gasteiger partial charge < -0.3 is 15.4 Å². The molecule has 0 fully saturated rings. The Bertz CT molecular complexity index is 788. The summed E-state index contributed by atoms with van der Waals surface area (Å²) in [7, 11) is 1.41. The zero-order valence-corrected chi connectivity index (χ0v) is 12.7. The molecule has 0 spiro atoms. The predicted octanol–water partition coefficient (Wildman–Crippen LogP) is 3.58. The van der Waals surface area contributed by atoms with E-state index < -0.39 is 27.9 Å². The van der Waals surface area contributed by atoms with Gasteiger partial charge in [0, 0.05) is 12.6 Å². The first-order chi connectivity index (χ1) is 11.3. The van der Waals surface area contributed by atoms with Crippen molar-refractivity contribution in [2.24, 2.45) is 0 Å². The number of halogens is 2. The van der Waals surface area contributed by atoms with Crippen molar-refractivity contribution in [3.8, 4) is 5.75 Å². The summed E-state index contributed by atoms with van der Waals surface area (Å²) in [5.74, 6) is -2.21. The molecule has 0 aliphatic rings. The molecule has 0 bridgehead atoms. The van der Waals surface area contributed by atoms with E-state index in [2.05, 4.69) is 10.6 Å². The Balaban J connectivity index is 2.38. The number of nitro benzene ring substituents is 1. The Hall–Kier alpha value is -3.23. The van der Waals surface area contributed by atoms with Crippen molar-refractivity contribution in [1.82, 2.24) is 0 Å². The van der Waals surface area contributed by atoms with E-state index in [0.29, 0.717) is 23.6 Å². The number of hydrogen-bond acceptors (Lipinski definition) is 5. The first-order valence-electron chi connectivity index (χ1n) is 6.68. The van der Waals surface area contributed by atoms with Gasteiger partial charge >= 0.3 is 0 Å². The molecule has 2 N–H and O–H groups in total. The van der Waals surface area contributed by atoms with Crippen molar-refractivity contribution in [2.45, 2.75) is 6.92 Å². The highest BCUT2D eigenvalue weighted by Crippen LogP contribution is 2.32. The summed E-state index contributed by atoms with van der Waals surface area (Å²) in [5, 5.41) is 15.6. The average Bonchev–Trinajstić information content (AvgIpc) is 2.50. The van der Waals surface area contributed by atoms with Crippen LogP contribution in [0.4, 0.5) is 31.5 Å². The van der Waals surface area contributed by atoms with Crippen LogP contribution in [-0.4, -0.2) is 17.9 Å². The molecule has 24 heavy (non-hydrogen) atoms. The summed E-state index contributed by atoms with van der Waals surface area (Å²) < 4.78 is 32.9. The van der Waals surface area contributed by atoms with Gasteiger partial charge in [-0.3, -0.25) is 14.9 Å². The molecule has 0 aliphatic carbocycles. The zero-order chi connectivity index (χ0) is 17.9. The first kappa shape index (κ1) is 17.1. The minimum atomic E-state index is -1.11. The highest BCUT2D eigenvalue weighted by molar-refractivity contribution is 5.91. The van der Waals surface area contributed by atoms with E-state index in [0.717, 1.165) is 0 Å². The average molecular weight is 337 g/mol. The molecule has 0 unspecified atom stereocenters. The number of hydrogen-bond donors (Lipinski definition) is 2. The van der Waals surface area contributed by atoms with E-state index in [9.17, 15) is 23.7 Å². The fourth-order valence-corrected chi connectivity index (χ4v) is 2.00. The van der Waals surface area contributed by atoms with Crippen molar-refractivity contribution < 1.29 is 23.2 Å². The molecule has 2 aromatic carbocycles. The van der Waals surface area contributed by atoms with Crippen LogP contribution in [-0.2, 0) is 4.79 Å². The van der Waals surface area contributed by atoms with Crippen LogP contribution in [0.15, 0.2) is 30.3 Å². The Morgan fingerprint density at radius 2 is 1.83 bits per heavy atom. The van der Waals surface area contributed by atoms with Gasteiger partial charge in [0.05, 0.1) is 29.9 Å². The van der Waals surface area contributed by atoms with Crippen LogP contribution in [0, 0.1) is 21.7 Å². The van der Waals surface area contributed by atoms with Gasteiger partial charge in [0.25, 0.3) is 5.69 Å². The third-order valence-electron chi connectivity index (χ3n) is 3.02. The number of nitrogens with zero attached hydrogens (tertiary/aromatic N) is 1. The Kier molecular flexibility index (Phi) is 4.93. The lowest BCUT2D eigenvalue weighted by Crippen LogP contribution is -2.08. The second-order valence-corrected chi connectivity index (χ2v) is 4.76. The van der Waals surface area contributed by atoms with Gasteiger partial charge in [-0.15, -0.1) is 0 Å².